The van der Waals surface area contributed by atoms with E-state index in [4.69, 9.17) is 37.0 Å². The monoisotopic (exact) mass is 1420 g/mol. The number of carbonyl (C=O) groups excluding carboxylic acids is 4. The van der Waals surface area contributed by atoms with E-state index in [1.807, 2.05) is 30.4 Å². The summed E-state index contributed by atoms with van der Waals surface area (Å²) in [4.78, 5) is 72.7. The van der Waals surface area contributed by atoms with Gasteiger partial charge in [0.2, 0.25) is 0 Å². The highest BCUT2D eigenvalue weighted by atomic mass is 31.2. The third-order valence-corrected chi connectivity index (χ3v) is 17.4. The molecule has 0 aromatic rings. The van der Waals surface area contributed by atoms with Gasteiger partial charge in [0.05, 0.1) is 39.3 Å². The smallest absolute Gasteiger partial charge is 0.462 e. The lowest BCUT2D eigenvalue weighted by atomic mass is 10.0. The number of ether oxygens (including phenoxy) is 4. The van der Waals surface area contributed by atoms with Gasteiger partial charge in [-0.15, -0.1) is 0 Å². The van der Waals surface area contributed by atoms with Crippen LogP contribution in [0, 0.1) is 0 Å². The number of aliphatic hydroxyl groups excluding tert-OH is 1. The summed E-state index contributed by atoms with van der Waals surface area (Å²) < 4.78 is 68.2. The predicted molar refractivity (Wildman–Crippen MR) is 399 cm³/mol. The number of phosphoric acid groups is 2. The molecular formula is C79H134O17P2. The molecule has 17 nitrogen and oxygen atoms in total. The molecule has 0 aromatic carbocycles. The number of allylic oxidation sites excluding steroid dienone is 18. The molecule has 0 aliphatic heterocycles. The molecule has 0 amide bonds. The molecule has 0 radical (unpaired) electrons. The Bertz CT molecular complexity index is 2340. The number of rotatable bonds is 70. The summed E-state index contributed by atoms with van der Waals surface area (Å²) in [6.07, 6.45) is 76.9. The molecule has 5 unspecified atom stereocenters. The Kier molecular flexibility index (Phi) is 67.6. The Morgan fingerprint density at radius 2 is 0.541 bits per heavy atom. The average Bonchev–Trinajstić information content (AvgIpc) is 1.04. The van der Waals surface area contributed by atoms with Crippen molar-refractivity contribution in [2.75, 3.05) is 39.6 Å². The normalized spacial score (nSPS) is 14.6. The van der Waals surface area contributed by atoms with E-state index in [2.05, 4.69) is 101 Å². The molecule has 0 fully saturated rings. The van der Waals surface area contributed by atoms with Crippen molar-refractivity contribution in [1.29, 1.82) is 0 Å². The van der Waals surface area contributed by atoms with Crippen LogP contribution in [0.1, 0.15) is 297 Å². The molecule has 0 heterocycles. The van der Waals surface area contributed by atoms with Gasteiger partial charge in [0.1, 0.15) is 19.3 Å². The van der Waals surface area contributed by atoms with Crippen LogP contribution in [0.3, 0.4) is 0 Å². The number of aliphatic hydroxyl groups is 1. The first-order valence-corrected chi connectivity index (χ1v) is 40.8. The third-order valence-electron chi connectivity index (χ3n) is 15.5. The zero-order valence-electron chi connectivity index (χ0n) is 61.2. The number of unbranched alkanes of at least 4 members (excludes halogenated alkanes) is 26. The lowest BCUT2D eigenvalue weighted by Gasteiger charge is -2.21. The minimum Gasteiger partial charge on any atom is -0.462 e. The van der Waals surface area contributed by atoms with Gasteiger partial charge in [-0.1, -0.05) is 316 Å². The number of phosphoric ester groups is 2. The zero-order valence-corrected chi connectivity index (χ0v) is 63.0. The van der Waals surface area contributed by atoms with Gasteiger partial charge >= 0.3 is 39.5 Å². The van der Waals surface area contributed by atoms with Crippen LogP contribution in [-0.2, 0) is 65.4 Å². The largest absolute Gasteiger partial charge is 0.472 e. The first kappa shape index (κ1) is 93.5. The summed E-state index contributed by atoms with van der Waals surface area (Å²) in [5, 5.41) is 10.6. The summed E-state index contributed by atoms with van der Waals surface area (Å²) in [6.45, 7) is 4.43. The van der Waals surface area contributed by atoms with Gasteiger partial charge in [-0.3, -0.25) is 37.3 Å². The molecule has 0 aliphatic rings. The van der Waals surface area contributed by atoms with Gasteiger partial charge in [-0.25, -0.2) is 9.13 Å². The fourth-order valence-electron chi connectivity index (χ4n) is 9.84. The van der Waals surface area contributed by atoms with Gasteiger partial charge in [0.25, 0.3) is 0 Å². The molecular weight excluding hydrogens is 1280 g/mol. The number of esters is 4. The molecule has 0 aliphatic carbocycles. The highest BCUT2D eigenvalue weighted by molar-refractivity contribution is 7.47. The Balaban J connectivity index is 5.46. The molecule has 98 heavy (non-hydrogen) atoms. The highest BCUT2D eigenvalue weighted by Gasteiger charge is 2.30. The number of hydrogen-bond acceptors (Lipinski definition) is 15. The molecule has 0 saturated heterocycles. The average molecular weight is 1420 g/mol. The lowest BCUT2D eigenvalue weighted by Crippen LogP contribution is -2.30. The van der Waals surface area contributed by atoms with E-state index >= 15 is 0 Å². The van der Waals surface area contributed by atoms with Crippen LogP contribution >= 0.6 is 15.6 Å². The molecule has 0 aromatic heterocycles. The van der Waals surface area contributed by atoms with Gasteiger partial charge < -0.3 is 33.8 Å². The minimum atomic E-state index is -5.02. The summed E-state index contributed by atoms with van der Waals surface area (Å²) in [7, 11) is -10.00. The van der Waals surface area contributed by atoms with E-state index < -0.39 is 97.5 Å². The third kappa shape index (κ3) is 69.9. The van der Waals surface area contributed by atoms with E-state index in [0.29, 0.717) is 25.7 Å². The van der Waals surface area contributed by atoms with Crippen molar-refractivity contribution in [2.24, 2.45) is 0 Å². The lowest BCUT2D eigenvalue weighted by molar-refractivity contribution is -0.161. The molecule has 3 N–H and O–H groups in total. The van der Waals surface area contributed by atoms with Gasteiger partial charge in [0.15, 0.2) is 12.2 Å². The van der Waals surface area contributed by atoms with Crippen molar-refractivity contribution >= 4 is 39.5 Å². The van der Waals surface area contributed by atoms with Gasteiger partial charge in [-0.05, 0) is 77.0 Å². The zero-order chi connectivity index (χ0) is 71.8. The standard InChI is InChI=1S/C79H134O17P2/c1-5-9-13-17-21-25-29-33-36-40-43-47-51-55-59-63-76(81)89-69-74(95-78(83)65-61-57-53-49-45-39-32-28-24-20-16-12-8-4)71-93-97(85,86)91-67-73(80)68-92-98(87,88)94-72-75(96-79(84)66-62-58-54-50-46-42-38-35-31-27-23-19-15-11-7-3)70-90-77(82)64-60-56-52-48-44-41-37-34-30-26-22-18-14-10-6-2/h10-11,14-15,22-23,26-27,34-35,37-38,44,46,48,50,56,58,60,62,73-75,80H,5-9,12-13,16-21,24-25,28-33,36,39-43,45,47,49,51-55,57,59,61,63-72H2,1-4H3,(H,85,86)(H,87,88)/b14-10-,15-11-,26-22-,27-23-,37-34-,38-35-,48-44-,50-46-,60-56-,62-58-. The van der Waals surface area contributed by atoms with Crippen LogP contribution in [-0.4, -0.2) is 96.7 Å². The topological polar surface area (TPSA) is 237 Å². The van der Waals surface area contributed by atoms with Crippen molar-refractivity contribution in [3.63, 3.8) is 0 Å². The Hall–Kier alpha value is -4.54. The van der Waals surface area contributed by atoms with Crippen LogP contribution in [0.25, 0.3) is 0 Å². The molecule has 5 atom stereocenters. The van der Waals surface area contributed by atoms with E-state index in [0.717, 1.165) is 96.3 Å². The first-order valence-electron chi connectivity index (χ1n) is 37.8. The fourth-order valence-corrected chi connectivity index (χ4v) is 11.4. The van der Waals surface area contributed by atoms with E-state index in [1.165, 1.54) is 122 Å². The quantitative estimate of drug-likeness (QED) is 0.0169. The van der Waals surface area contributed by atoms with Crippen molar-refractivity contribution in [3.8, 4) is 0 Å². The minimum absolute atomic E-state index is 0.0922. The number of carbonyl (C=O) groups is 4. The Morgan fingerprint density at radius 3 is 0.857 bits per heavy atom. The molecule has 19 heteroatoms. The molecule has 0 spiro atoms. The van der Waals surface area contributed by atoms with E-state index in [-0.39, 0.29) is 25.7 Å². The first-order chi connectivity index (χ1) is 47.7. The second-order valence-corrected chi connectivity index (χ2v) is 27.8. The summed E-state index contributed by atoms with van der Waals surface area (Å²) >= 11 is 0. The van der Waals surface area contributed by atoms with Crippen LogP contribution in [0.2, 0.25) is 0 Å². The van der Waals surface area contributed by atoms with Crippen molar-refractivity contribution in [1.82, 2.24) is 0 Å². The Morgan fingerprint density at radius 1 is 0.296 bits per heavy atom. The van der Waals surface area contributed by atoms with E-state index in [1.54, 1.807) is 18.2 Å². The maximum atomic E-state index is 13.1. The summed E-state index contributed by atoms with van der Waals surface area (Å²) in [5.41, 5.74) is 0. The maximum absolute atomic E-state index is 13.1. The second kappa shape index (κ2) is 70.9. The van der Waals surface area contributed by atoms with Gasteiger partial charge in [-0.2, -0.15) is 0 Å². The molecule has 0 rings (SSSR count). The summed E-state index contributed by atoms with van der Waals surface area (Å²) in [5.74, 6) is -2.46. The van der Waals surface area contributed by atoms with E-state index in [9.17, 15) is 43.2 Å². The summed E-state index contributed by atoms with van der Waals surface area (Å²) in [6, 6.07) is 0. The molecule has 0 saturated carbocycles. The fraction of sp³-hybridized carbons (Fsp3) is 0.696. The van der Waals surface area contributed by atoms with Crippen molar-refractivity contribution in [2.45, 2.75) is 316 Å². The predicted octanol–water partition coefficient (Wildman–Crippen LogP) is 21.6. The Labute approximate surface area is 593 Å². The number of hydrogen-bond donors (Lipinski definition) is 3. The SMILES string of the molecule is CC/C=C\C/C=C\C/C=C\C/C=C\C/C=C\CC(=O)OCC(COP(=O)(O)OCC(O)COP(=O)(O)OCC(COC(=O)CCCCCCCCCCCCCCCCC)OC(=O)CCCCCCCCCCCCCCC)OC(=O)C/C=C\C/C=C\C/C=C\C/C=C\C/C=C\CC. The van der Waals surface area contributed by atoms with Crippen molar-refractivity contribution < 1.29 is 80.2 Å². The maximum Gasteiger partial charge on any atom is 0.472 e. The van der Waals surface area contributed by atoms with Crippen LogP contribution in [0.4, 0.5) is 0 Å². The molecule has 562 valence electrons. The van der Waals surface area contributed by atoms with Crippen LogP contribution < -0.4 is 0 Å². The second-order valence-electron chi connectivity index (χ2n) is 24.9. The highest BCUT2D eigenvalue weighted by Crippen LogP contribution is 2.45. The van der Waals surface area contributed by atoms with Crippen LogP contribution in [0.5, 0.6) is 0 Å². The molecule has 0 bridgehead atoms. The van der Waals surface area contributed by atoms with Crippen LogP contribution in [0.15, 0.2) is 122 Å². The van der Waals surface area contributed by atoms with Gasteiger partial charge in [0, 0.05) is 12.8 Å². The van der Waals surface area contributed by atoms with Crippen molar-refractivity contribution in [3.05, 3.63) is 122 Å².